The average molecular weight is 602 g/mol. The van der Waals surface area contributed by atoms with E-state index in [0.717, 1.165) is 43.8 Å². The first kappa shape index (κ1) is 29.8. The zero-order valence-electron chi connectivity index (χ0n) is 25.6. The van der Waals surface area contributed by atoms with E-state index in [9.17, 15) is 9.90 Å². The molecule has 1 atom stereocenters. The van der Waals surface area contributed by atoms with Gasteiger partial charge in [0.2, 0.25) is 0 Å². The zero-order chi connectivity index (χ0) is 30.8. The number of anilines is 2. The molecule has 1 unspecified atom stereocenters. The summed E-state index contributed by atoms with van der Waals surface area (Å²) in [6.45, 7) is 5.76. The third-order valence-corrected chi connectivity index (χ3v) is 8.68. The lowest BCUT2D eigenvalue weighted by Crippen LogP contribution is -2.51. The highest BCUT2D eigenvalue weighted by molar-refractivity contribution is 5.78. The Morgan fingerprint density at radius 1 is 1.02 bits per heavy atom. The van der Waals surface area contributed by atoms with E-state index in [2.05, 4.69) is 21.9 Å². The molecule has 4 aromatic rings. The molecule has 3 aromatic heterocycles. The van der Waals surface area contributed by atoms with Crippen LogP contribution in [-0.4, -0.2) is 125 Å². The first-order valence-corrected chi connectivity index (χ1v) is 15.2. The van der Waals surface area contributed by atoms with Crippen molar-refractivity contribution in [1.82, 2.24) is 34.3 Å². The molecule has 0 aliphatic carbocycles. The third kappa shape index (κ3) is 6.18. The van der Waals surface area contributed by atoms with Crippen LogP contribution in [0.1, 0.15) is 12.8 Å². The Bertz CT molecular complexity index is 1600. The van der Waals surface area contributed by atoms with E-state index < -0.39 is 11.9 Å². The average Bonchev–Trinajstić information content (AvgIpc) is 3.47. The van der Waals surface area contributed by atoms with Gasteiger partial charge in [0.25, 0.3) is 0 Å². The predicted octanol–water partition coefficient (Wildman–Crippen LogP) is 3.86. The normalized spacial score (nSPS) is 17.9. The van der Waals surface area contributed by atoms with Crippen molar-refractivity contribution in [2.45, 2.75) is 18.9 Å². The number of carbonyl (C=O) groups is 1. The van der Waals surface area contributed by atoms with Gasteiger partial charge >= 0.3 is 6.09 Å². The molecule has 232 valence electrons. The SMILES string of the molecule is CN(C)CCN(c1nc(-c2cnn3ccccc23)nc(-c2ccc(N3CCN(C)CC3)cc2)c1F)C1CCCN(C(=O)O)C1. The number of benzene rings is 1. The minimum atomic E-state index is -0.960. The third-order valence-electron chi connectivity index (χ3n) is 8.68. The van der Waals surface area contributed by atoms with Crippen molar-refractivity contribution in [3.8, 4) is 22.6 Å². The molecular weight excluding hydrogens is 561 g/mol. The molecule has 6 rings (SSSR count). The van der Waals surface area contributed by atoms with Gasteiger partial charge in [0, 0.05) is 75.8 Å². The smallest absolute Gasteiger partial charge is 0.407 e. The molecule has 1 aromatic carbocycles. The van der Waals surface area contributed by atoms with E-state index in [0.29, 0.717) is 43.0 Å². The maximum absolute atomic E-state index is 16.8. The number of hydrogen-bond acceptors (Lipinski definition) is 8. The highest BCUT2D eigenvalue weighted by atomic mass is 19.1. The molecule has 0 bridgehead atoms. The maximum Gasteiger partial charge on any atom is 0.407 e. The second kappa shape index (κ2) is 12.7. The first-order valence-electron chi connectivity index (χ1n) is 15.2. The van der Waals surface area contributed by atoms with Crippen LogP contribution in [-0.2, 0) is 0 Å². The van der Waals surface area contributed by atoms with Crippen molar-refractivity contribution in [1.29, 1.82) is 0 Å². The fourth-order valence-corrected chi connectivity index (χ4v) is 6.09. The van der Waals surface area contributed by atoms with Crippen molar-refractivity contribution in [3.05, 3.63) is 60.7 Å². The fraction of sp³-hybridized carbons (Fsp3) is 0.438. The van der Waals surface area contributed by atoms with Crippen LogP contribution in [0, 0.1) is 5.82 Å². The highest BCUT2D eigenvalue weighted by Crippen LogP contribution is 2.34. The van der Waals surface area contributed by atoms with E-state index in [1.807, 2.05) is 72.6 Å². The monoisotopic (exact) mass is 601 g/mol. The number of amides is 1. The van der Waals surface area contributed by atoms with Crippen LogP contribution in [0.25, 0.3) is 28.2 Å². The number of aromatic nitrogens is 4. The Balaban J connectivity index is 1.45. The van der Waals surface area contributed by atoms with Gasteiger partial charge in [-0.3, -0.25) is 0 Å². The molecule has 11 nitrogen and oxygen atoms in total. The molecule has 0 saturated carbocycles. The summed E-state index contributed by atoms with van der Waals surface area (Å²) in [5.74, 6) is 0.0489. The van der Waals surface area contributed by atoms with Crippen molar-refractivity contribution >= 4 is 23.1 Å². The van der Waals surface area contributed by atoms with Gasteiger partial charge in [0.05, 0.1) is 17.3 Å². The van der Waals surface area contributed by atoms with Gasteiger partial charge in [-0.05, 0) is 58.3 Å². The Labute approximate surface area is 257 Å². The van der Waals surface area contributed by atoms with Gasteiger partial charge in [-0.2, -0.15) is 5.10 Å². The topological polar surface area (TPSA) is 96.6 Å². The van der Waals surface area contributed by atoms with Gasteiger partial charge in [-0.1, -0.05) is 18.2 Å². The number of pyridine rings is 1. The lowest BCUT2D eigenvalue weighted by Gasteiger charge is -2.39. The second-order valence-corrected chi connectivity index (χ2v) is 12.0. The molecule has 2 saturated heterocycles. The minimum absolute atomic E-state index is 0.183. The number of likely N-dealkylation sites (tertiary alicyclic amines) is 1. The molecule has 2 aliphatic heterocycles. The summed E-state index contributed by atoms with van der Waals surface area (Å²) in [5, 5.41) is 14.2. The maximum atomic E-state index is 16.8. The summed E-state index contributed by atoms with van der Waals surface area (Å²) in [6, 6.07) is 13.5. The predicted molar refractivity (Wildman–Crippen MR) is 170 cm³/mol. The largest absolute Gasteiger partial charge is 0.465 e. The zero-order valence-corrected chi connectivity index (χ0v) is 25.6. The number of piperidine rings is 1. The van der Waals surface area contributed by atoms with E-state index in [4.69, 9.17) is 9.97 Å². The molecular formula is C32H40FN9O2. The molecule has 2 aliphatic rings. The van der Waals surface area contributed by atoms with Crippen molar-refractivity contribution in [3.63, 3.8) is 0 Å². The van der Waals surface area contributed by atoms with Crippen molar-refractivity contribution in [2.75, 3.05) is 83.3 Å². The van der Waals surface area contributed by atoms with Crippen LogP contribution in [0.2, 0.25) is 0 Å². The molecule has 12 heteroatoms. The van der Waals surface area contributed by atoms with Crippen LogP contribution in [0.5, 0.6) is 0 Å². The van der Waals surface area contributed by atoms with Crippen molar-refractivity contribution in [2.24, 2.45) is 0 Å². The number of hydrogen-bond donors (Lipinski definition) is 1. The van der Waals surface area contributed by atoms with Gasteiger partial charge in [-0.15, -0.1) is 0 Å². The number of piperazine rings is 1. The lowest BCUT2D eigenvalue weighted by molar-refractivity contribution is 0.129. The number of nitrogens with zero attached hydrogens (tertiary/aromatic N) is 9. The van der Waals surface area contributed by atoms with Crippen LogP contribution < -0.4 is 9.80 Å². The number of fused-ring (bicyclic) bond motifs is 1. The molecule has 2 fully saturated rings. The number of rotatable bonds is 8. The molecule has 5 heterocycles. The number of likely N-dealkylation sites (N-methyl/N-ethyl adjacent to an activating group) is 2. The summed E-state index contributed by atoms with van der Waals surface area (Å²) in [5.41, 5.74) is 3.49. The van der Waals surface area contributed by atoms with Crippen LogP contribution >= 0.6 is 0 Å². The summed E-state index contributed by atoms with van der Waals surface area (Å²) >= 11 is 0. The van der Waals surface area contributed by atoms with Crippen LogP contribution in [0.4, 0.5) is 20.7 Å². The second-order valence-electron chi connectivity index (χ2n) is 12.0. The quantitative estimate of drug-likeness (QED) is 0.323. The van der Waals surface area contributed by atoms with Gasteiger partial charge in [0.1, 0.15) is 5.69 Å². The summed E-state index contributed by atoms with van der Waals surface area (Å²) < 4.78 is 18.6. The Kier molecular flexibility index (Phi) is 8.62. The lowest BCUT2D eigenvalue weighted by atomic mass is 10.0. The van der Waals surface area contributed by atoms with Crippen LogP contribution in [0.15, 0.2) is 54.9 Å². The van der Waals surface area contributed by atoms with Gasteiger partial charge < -0.3 is 29.6 Å². The van der Waals surface area contributed by atoms with Crippen LogP contribution in [0.3, 0.4) is 0 Å². The van der Waals surface area contributed by atoms with Gasteiger partial charge in [-0.25, -0.2) is 23.7 Å². The summed E-state index contributed by atoms with van der Waals surface area (Å²) in [6.07, 6.45) is 4.04. The Morgan fingerprint density at radius 2 is 1.80 bits per heavy atom. The number of halogens is 1. The minimum Gasteiger partial charge on any atom is -0.465 e. The number of carboxylic acid groups (broad SMARTS) is 1. The molecule has 1 amide bonds. The van der Waals surface area contributed by atoms with Crippen molar-refractivity contribution < 1.29 is 14.3 Å². The first-order chi connectivity index (χ1) is 21.3. The Morgan fingerprint density at radius 3 is 2.52 bits per heavy atom. The standard InChI is InChI=1S/C32H40FN9O2/c1-37(2)15-20-41(25-7-6-13-40(22-25)32(43)44)31-28(33)29(23-9-11-24(12-10-23)39-18-16-38(3)17-19-39)35-30(36-31)26-21-34-42-14-5-4-8-27(26)42/h4-5,8-12,14,21,25H,6-7,13,15-20,22H2,1-3H3,(H,43,44). The van der Waals surface area contributed by atoms with E-state index in [1.165, 1.54) is 4.90 Å². The summed E-state index contributed by atoms with van der Waals surface area (Å²) in [7, 11) is 6.07. The van der Waals surface area contributed by atoms with Gasteiger partial charge in [0.15, 0.2) is 17.5 Å². The molecule has 1 N–H and O–H groups in total. The Hall–Kier alpha value is -4.29. The molecule has 0 spiro atoms. The van der Waals surface area contributed by atoms with E-state index in [-0.39, 0.29) is 24.1 Å². The van der Waals surface area contributed by atoms with E-state index >= 15 is 4.39 Å². The fourth-order valence-electron chi connectivity index (χ4n) is 6.09. The molecule has 44 heavy (non-hydrogen) atoms. The van der Waals surface area contributed by atoms with E-state index in [1.54, 1.807) is 10.7 Å². The highest BCUT2D eigenvalue weighted by Gasteiger charge is 2.32. The summed E-state index contributed by atoms with van der Waals surface area (Å²) in [4.78, 5) is 31.6. The molecule has 0 radical (unpaired) electrons.